The van der Waals surface area contributed by atoms with Gasteiger partial charge >= 0.3 is 0 Å². The van der Waals surface area contributed by atoms with Crippen molar-refractivity contribution in [3.05, 3.63) is 92.8 Å². The van der Waals surface area contributed by atoms with Gasteiger partial charge in [0.2, 0.25) is 0 Å². The van der Waals surface area contributed by atoms with Gasteiger partial charge in [-0.05, 0) is 58.4 Å². The Balaban J connectivity index is 1.47. The number of carbonyl (C=O) groups is 1. The average molecular weight is 547 g/mol. The first-order valence-electron chi connectivity index (χ1n) is 9.65. The molecule has 4 rings (SSSR count). The van der Waals surface area contributed by atoms with Crippen LogP contribution < -0.4 is 14.4 Å². The largest absolute Gasteiger partial charge is 0.490 e. The summed E-state index contributed by atoms with van der Waals surface area (Å²) in [5, 5.41) is 0.511. The molecular formula is C24H17BrClNO3S2. The van der Waals surface area contributed by atoms with Crippen LogP contribution in [0.3, 0.4) is 0 Å². The van der Waals surface area contributed by atoms with Crippen LogP contribution in [-0.2, 0) is 4.79 Å². The number of ether oxygens (including phenoxy) is 2. The molecule has 1 heterocycles. The molecule has 0 saturated carbocycles. The van der Waals surface area contributed by atoms with Gasteiger partial charge < -0.3 is 9.47 Å². The predicted octanol–water partition coefficient (Wildman–Crippen LogP) is 6.97. The summed E-state index contributed by atoms with van der Waals surface area (Å²) in [7, 11) is 0. The maximum Gasteiger partial charge on any atom is 0.270 e. The topological polar surface area (TPSA) is 38.8 Å². The van der Waals surface area contributed by atoms with Crippen LogP contribution in [0.2, 0.25) is 5.02 Å². The normalized spacial score (nSPS) is 14.8. The number of amides is 1. The lowest BCUT2D eigenvalue weighted by atomic mass is 10.2. The van der Waals surface area contributed by atoms with Crippen molar-refractivity contribution in [2.45, 2.75) is 0 Å². The number of carbonyl (C=O) groups excluding carboxylic acids is 1. The molecule has 0 atom stereocenters. The van der Waals surface area contributed by atoms with Crippen LogP contribution in [0.1, 0.15) is 5.56 Å². The summed E-state index contributed by atoms with van der Waals surface area (Å²) < 4.78 is 12.8. The first-order chi connectivity index (χ1) is 15.5. The molecule has 3 aromatic carbocycles. The van der Waals surface area contributed by atoms with Crippen molar-refractivity contribution in [2.75, 3.05) is 18.1 Å². The molecule has 0 N–H and O–H groups in total. The smallest absolute Gasteiger partial charge is 0.270 e. The molecule has 0 unspecified atom stereocenters. The fourth-order valence-corrected chi connectivity index (χ4v) is 4.73. The number of hydrogen-bond donors (Lipinski definition) is 0. The van der Waals surface area contributed by atoms with Crippen molar-refractivity contribution in [3.63, 3.8) is 0 Å². The van der Waals surface area contributed by atoms with Crippen molar-refractivity contribution in [1.82, 2.24) is 0 Å². The number of thioether (sulfide) groups is 1. The van der Waals surface area contributed by atoms with Gasteiger partial charge in [-0.3, -0.25) is 9.69 Å². The SMILES string of the molecule is O=C1/C(=C\c2ccccc2OCCOc2ccccc2)SC(=S)N1c1ccc(Br)c(Cl)c1. The van der Waals surface area contributed by atoms with E-state index in [1.54, 1.807) is 24.3 Å². The van der Waals surface area contributed by atoms with Gasteiger partial charge in [0, 0.05) is 10.0 Å². The van der Waals surface area contributed by atoms with E-state index in [1.165, 1.54) is 16.7 Å². The number of benzene rings is 3. The summed E-state index contributed by atoms with van der Waals surface area (Å²) in [5.41, 5.74) is 1.42. The molecule has 1 fully saturated rings. The molecule has 0 spiro atoms. The highest BCUT2D eigenvalue weighted by Crippen LogP contribution is 2.38. The van der Waals surface area contributed by atoms with E-state index in [1.807, 2.05) is 54.6 Å². The Labute approximate surface area is 209 Å². The standard InChI is InChI=1S/C24H17BrClNO3S2/c25-19-11-10-17(15-20(19)26)27-23(28)22(32-24(27)31)14-16-6-4-5-9-21(16)30-13-12-29-18-7-2-1-3-8-18/h1-11,14-15H,12-13H2/b22-14+. The van der Waals surface area contributed by atoms with Gasteiger partial charge in [-0.15, -0.1) is 0 Å². The molecule has 0 aliphatic carbocycles. The molecular weight excluding hydrogens is 530 g/mol. The lowest BCUT2D eigenvalue weighted by molar-refractivity contribution is -0.113. The fourth-order valence-electron chi connectivity index (χ4n) is 3.01. The van der Waals surface area contributed by atoms with Crippen LogP contribution in [0.4, 0.5) is 5.69 Å². The second-order valence-electron chi connectivity index (χ2n) is 6.66. The number of thiocarbonyl (C=S) groups is 1. The molecule has 1 saturated heterocycles. The molecule has 1 amide bonds. The summed E-state index contributed by atoms with van der Waals surface area (Å²) in [6.45, 7) is 0.781. The number of para-hydroxylation sites is 2. The van der Waals surface area contributed by atoms with Gasteiger partial charge in [0.05, 0.1) is 15.6 Å². The van der Waals surface area contributed by atoms with E-state index in [2.05, 4.69) is 15.9 Å². The van der Waals surface area contributed by atoms with Crippen molar-refractivity contribution < 1.29 is 14.3 Å². The van der Waals surface area contributed by atoms with Crippen molar-refractivity contribution in [3.8, 4) is 11.5 Å². The molecule has 32 heavy (non-hydrogen) atoms. The van der Waals surface area contributed by atoms with E-state index in [0.29, 0.717) is 38.9 Å². The van der Waals surface area contributed by atoms with Crippen molar-refractivity contribution >= 4 is 73.5 Å². The summed E-state index contributed by atoms with van der Waals surface area (Å²) >= 11 is 16.3. The minimum Gasteiger partial charge on any atom is -0.490 e. The van der Waals surface area contributed by atoms with Gasteiger partial charge in [-0.2, -0.15) is 0 Å². The highest BCUT2D eigenvalue weighted by molar-refractivity contribution is 9.10. The molecule has 8 heteroatoms. The highest BCUT2D eigenvalue weighted by atomic mass is 79.9. The number of hydrogen-bond acceptors (Lipinski definition) is 5. The maximum atomic E-state index is 13.1. The zero-order valence-corrected chi connectivity index (χ0v) is 20.6. The zero-order chi connectivity index (χ0) is 22.5. The molecule has 0 radical (unpaired) electrons. The second-order valence-corrected chi connectivity index (χ2v) is 9.60. The molecule has 3 aromatic rings. The minimum atomic E-state index is -0.194. The van der Waals surface area contributed by atoms with Gasteiger partial charge in [-0.1, -0.05) is 72.0 Å². The monoisotopic (exact) mass is 545 g/mol. The van der Waals surface area contributed by atoms with E-state index in [4.69, 9.17) is 33.3 Å². The van der Waals surface area contributed by atoms with E-state index >= 15 is 0 Å². The molecule has 1 aliphatic rings. The summed E-state index contributed by atoms with van der Waals surface area (Å²) in [6, 6.07) is 22.4. The Hall–Kier alpha value is -2.32. The molecule has 1 aliphatic heterocycles. The van der Waals surface area contributed by atoms with Crippen LogP contribution in [-0.4, -0.2) is 23.4 Å². The van der Waals surface area contributed by atoms with Crippen LogP contribution in [0.15, 0.2) is 82.2 Å². The number of nitrogens with zero attached hydrogens (tertiary/aromatic N) is 1. The average Bonchev–Trinajstić information content (AvgIpc) is 3.08. The molecule has 4 nitrogen and oxygen atoms in total. The van der Waals surface area contributed by atoms with Gasteiger partial charge in [-0.25, -0.2) is 0 Å². The Morgan fingerprint density at radius 1 is 1.00 bits per heavy atom. The minimum absolute atomic E-state index is 0.194. The molecule has 0 aromatic heterocycles. The van der Waals surface area contributed by atoms with Crippen LogP contribution >= 0.6 is 51.5 Å². The lowest BCUT2D eigenvalue weighted by Crippen LogP contribution is -2.27. The molecule has 162 valence electrons. The number of anilines is 1. The van der Waals surface area contributed by atoms with Crippen molar-refractivity contribution in [1.29, 1.82) is 0 Å². The second kappa shape index (κ2) is 10.5. The Morgan fingerprint density at radius 2 is 1.72 bits per heavy atom. The Bertz CT molecular complexity index is 1190. The van der Waals surface area contributed by atoms with Gasteiger partial charge in [0.25, 0.3) is 5.91 Å². The van der Waals surface area contributed by atoms with Crippen LogP contribution in [0, 0.1) is 0 Å². The van der Waals surface area contributed by atoms with Gasteiger partial charge in [0.15, 0.2) is 4.32 Å². The highest BCUT2D eigenvalue weighted by Gasteiger charge is 2.33. The van der Waals surface area contributed by atoms with Crippen molar-refractivity contribution in [2.24, 2.45) is 0 Å². The third-order valence-corrected chi connectivity index (χ3v) is 7.05. The van der Waals surface area contributed by atoms with E-state index < -0.39 is 0 Å². The van der Waals surface area contributed by atoms with Crippen LogP contribution in [0.25, 0.3) is 6.08 Å². The predicted molar refractivity (Wildman–Crippen MR) is 139 cm³/mol. The third-order valence-electron chi connectivity index (χ3n) is 4.51. The van der Waals surface area contributed by atoms with E-state index in [0.717, 1.165) is 15.8 Å². The molecule has 0 bridgehead atoms. The third kappa shape index (κ3) is 5.35. The summed E-state index contributed by atoms with van der Waals surface area (Å²) in [4.78, 5) is 15.1. The zero-order valence-electron chi connectivity index (χ0n) is 16.7. The maximum absolute atomic E-state index is 13.1. The lowest BCUT2D eigenvalue weighted by Gasteiger charge is -2.15. The number of halogens is 2. The summed E-state index contributed by atoms with van der Waals surface area (Å²) in [6.07, 6.45) is 1.80. The van der Waals surface area contributed by atoms with E-state index in [-0.39, 0.29) is 5.91 Å². The summed E-state index contributed by atoms with van der Waals surface area (Å²) in [5.74, 6) is 1.27. The van der Waals surface area contributed by atoms with Crippen LogP contribution in [0.5, 0.6) is 11.5 Å². The first kappa shape index (κ1) is 22.9. The van der Waals surface area contributed by atoms with E-state index in [9.17, 15) is 4.79 Å². The Morgan fingerprint density at radius 3 is 2.50 bits per heavy atom. The first-order valence-corrected chi connectivity index (χ1v) is 12.1. The fraction of sp³-hybridized carbons (Fsp3) is 0.0833. The quantitative estimate of drug-likeness (QED) is 0.182. The number of rotatable bonds is 7. The van der Waals surface area contributed by atoms with Gasteiger partial charge in [0.1, 0.15) is 24.7 Å². The Kier molecular flexibility index (Phi) is 7.52.